The molecule has 1 unspecified atom stereocenters. The van der Waals surface area contributed by atoms with Crippen LogP contribution in [0, 0.1) is 5.92 Å². The molecule has 0 radical (unpaired) electrons. The van der Waals surface area contributed by atoms with Gasteiger partial charge in [0.2, 0.25) is 0 Å². The average Bonchev–Trinajstić information content (AvgIpc) is 1.84. The summed E-state index contributed by atoms with van der Waals surface area (Å²) in [4.78, 5) is 0. The molecule has 0 aromatic carbocycles. The van der Waals surface area contributed by atoms with Gasteiger partial charge in [-0.1, -0.05) is 13.8 Å². The molecular formula is C6H13F2NO2S. The molecule has 0 fully saturated rings. The van der Waals surface area contributed by atoms with Crippen molar-refractivity contribution in [3.8, 4) is 0 Å². The van der Waals surface area contributed by atoms with Crippen molar-refractivity contribution in [3.05, 3.63) is 0 Å². The first-order valence-electron chi connectivity index (χ1n) is 3.54. The highest BCUT2D eigenvalue weighted by molar-refractivity contribution is 7.83. The molecule has 0 aliphatic carbocycles. The zero-order valence-electron chi connectivity index (χ0n) is 6.96. The van der Waals surface area contributed by atoms with Crippen molar-refractivity contribution < 1.29 is 18.1 Å². The summed E-state index contributed by atoms with van der Waals surface area (Å²) in [6, 6.07) is 0. The largest absolute Gasteiger partial charge is 0.372 e. The Bertz CT molecular complexity index is 154. The van der Waals surface area contributed by atoms with Crippen LogP contribution in [-0.2, 0) is 11.0 Å². The molecule has 0 aliphatic rings. The van der Waals surface area contributed by atoms with Gasteiger partial charge >= 0.3 is 0 Å². The molecule has 0 heterocycles. The lowest BCUT2D eigenvalue weighted by Crippen LogP contribution is -2.38. The first-order valence-corrected chi connectivity index (χ1v) is 4.86. The van der Waals surface area contributed by atoms with Crippen LogP contribution in [0.1, 0.15) is 13.8 Å². The van der Waals surface area contributed by atoms with Crippen LogP contribution >= 0.6 is 0 Å². The Morgan fingerprint density at radius 2 is 2.00 bits per heavy atom. The molecule has 12 heavy (non-hydrogen) atoms. The van der Waals surface area contributed by atoms with E-state index in [1.54, 1.807) is 0 Å². The third-order valence-corrected chi connectivity index (χ3v) is 2.45. The van der Waals surface area contributed by atoms with Crippen LogP contribution in [-0.4, -0.2) is 27.7 Å². The Morgan fingerprint density at radius 3 is 2.33 bits per heavy atom. The van der Waals surface area contributed by atoms with Gasteiger partial charge in [0.1, 0.15) is 0 Å². The van der Waals surface area contributed by atoms with Gasteiger partial charge in [-0.2, -0.15) is 0 Å². The number of halogens is 2. The molecule has 0 bridgehead atoms. The van der Waals surface area contributed by atoms with Crippen LogP contribution in [0.5, 0.6) is 0 Å². The van der Waals surface area contributed by atoms with Crippen molar-refractivity contribution in [1.82, 2.24) is 4.72 Å². The van der Waals surface area contributed by atoms with Gasteiger partial charge in [0, 0.05) is 5.75 Å². The number of rotatable bonds is 5. The summed E-state index contributed by atoms with van der Waals surface area (Å²) in [6.45, 7) is 3.63. The monoisotopic (exact) mass is 201 g/mol. The summed E-state index contributed by atoms with van der Waals surface area (Å²) in [5, 5.41) is 8.56. The van der Waals surface area contributed by atoms with Gasteiger partial charge in [-0.3, -0.25) is 0 Å². The smallest absolute Gasteiger partial charge is 0.278 e. The summed E-state index contributed by atoms with van der Waals surface area (Å²) in [7, 11) is -1.58. The first kappa shape index (κ1) is 11.9. The van der Waals surface area contributed by atoms with Crippen molar-refractivity contribution in [1.29, 1.82) is 0 Å². The molecule has 0 spiro atoms. The Balaban J connectivity index is 3.69. The second-order valence-electron chi connectivity index (χ2n) is 2.80. The molecule has 3 nitrogen and oxygen atoms in total. The Morgan fingerprint density at radius 1 is 1.50 bits per heavy atom. The third kappa shape index (κ3) is 5.56. The van der Waals surface area contributed by atoms with E-state index >= 15 is 0 Å². The van der Waals surface area contributed by atoms with Gasteiger partial charge < -0.3 is 5.11 Å². The fourth-order valence-corrected chi connectivity index (χ4v) is 1.61. The molecule has 0 saturated carbocycles. The molecule has 74 valence electrons. The topological polar surface area (TPSA) is 49.3 Å². The van der Waals surface area contributed by atoms with Crippen LogP contribution in [0.4, 0.5) is 8.78 Å². The maximum absolute atomic E-state index is 11.7. The van der Waals surface area contributed by atoms with Gasteiger partial charge in [0.25, 0.3) is 6.43 Å². The molecule has 6 heteroatoms. The summed E-state index contributed by atoms with van der Waals surface area (Å²) in [5.74, 6) is 0.396. The van der Waals surface area contributed by atoms with E-state index in [0.29, 0.717) is 0 Å². The van der Waals surface area contributed by atoms with Crippen molar-refractivity contribution in [2.45, 2.75) is 26.5 Å². The minimum Gasteiger partial charge on any atom is -0.372 e. The summed E-state index contributed by atoms with van der Waals surface area (Å²) in [5.41, 5.74) is 0. The zero-order chi connectivity index (χ0) is 9.72. The van der Waals surface area contributed by atoms with Crippen molar-refractivity contribution >= 4 is 11.0 Å². The lowest BCUT2D eigenvalue weighted by Gasteiger charge is -2.11. The van der Waals surface area contributed by atoms with Gasteiger partial charge in [0.15, 0.2) is 6.23 Å². The summed E-state index contributed by atoms with van der Waals surface area (Å²) < 4.78 is 36.1. The minimum atomic E-state index is -2.90. The van der Waals surface area contributed by atoms with Gasteiger partial charge in [-0.25, -0.2) is 17.7 Å². The average molecular weight is 201 g/mol. The maximum Gasteiger partial charge on any atom is 0.278 e. The third-order valence-electron chi connectivity index (χ3n) is 0.976. The molecule has 2 atom stereocenters. The fraction of sp³-hybridized carbons (Fsp3) is 1.00. The molecule has 0 saturated heterocycles. The van der Waals surface area contributed by atoms with Crippen LogP contribution in [0.25, 0.3) is 0 Å². The van der Waals surface area contributed by atoms with Crippen molar-refractivity contribution in [3.63, 3.8) is 0 Å². The molecule has 0 amide bonds. The van der Waals surface area contributed by atoms with Gasteiger partial charge in [-0.05, 0) is 5.92 Å². The van der Waals surface area contributed by atoms with E-state index in [1.807, 2.05) is 18.6 Å². The second-order valence-corrected chi connectivity index (χ2v) is 4.06. The van der Waals surface area contributed by atoms with Crippen molar-refractivity contribution in [2.24, 2.45) is 5.92 Å². The fourth-order valence-electron chi connectivity index (χ4n) is 0.537. The van der Waals surface area contributed by atoms with E-state index in [-0.39, 0.29) is 11.7 Å². The molecule has 2 N–H and O–H groups in total. The maximum atomic E-state index is 11.7. The minimum absolute atomic E-state index is 0.142. The van der Waals surface area contributed by atoms with E-state index in [0.717, 1.165) is 0 Å². The Labute approximate surface area is 72.7 Å². The molecule has 0 aliphatic heterocycles. The summed E-state index contributed by atoms with van der Waals surface area (Å²) in [6.07, 6.45) is -4.90. The number of aliphatic hydroxyl groups is 1. The van der Waals surface area contributed by atoms with Crippen molar-refractivity contribution in [2.75, 3.05) is 5.75 Å². The number of alkyl halides is 2. The number of hydrogen-bond acceptors (Lipinski definition) is 2. The first-order chi connectivity index (χ1) is 5.43. The number of hydrogen-bond donors (Lipinski definition) is 2. The van der Waals surface area contributed by atoms with Crippen LogP contribution < -0.4 is 4.72 Å². The van der Waals surface area contributed by atoms with E-state index in [1.165, 1.54) is 0 Å². The normalized spacial score (nSPS) is 16.9. The van der Waals surface area contributed by atoms with Crippen LogP contribution in [0.3, 0.4) is 0 Å². The SMILES string of the molecule is CC(C)C[S@@](=O)NC(O)C(F)F. The number of aliphatic hydroxyl groups excluding tert-OH is 1. The van der Waals surface area contributed by atoms with Gasteiger partial charge in [-0.15, -0.1) is 0 Å². The lowest BCUT2D eigenvalue weighted by atomic mass is 10.3. The predicted molar refractivity (Wildman–Crippen MR) is 43.0 cm³/mol. The lowest BCUT2D eigenvalue weighted by molar-refractivity contribution is -0.00979. The molecular weight excluding hydrogens is 188 g/mol. The number of nitrogens with one attached hydrogen (secondary N) is 1. The van der Waals surface area contributed by atoms with E-state index in [2.05, 4.69) is 0 Å². The Kier molecular flexibility index (Phi) is 5.52. The standard InChI is InChI=1S/C6H13F2NO2S/c1-4(2)3-12(11)9-6(10)5(7)8/h4-6,9-10H,3H2,1-2H3/t6?,12-/m1/s1. The van der Waals surface area contributed by atoms with Gasteiger partial charge in [0.05, 0.1) is 11.0 Å². The van der Waals surface area contributed by atoms with E-state index < -0.39 is 23.6 Å². The molecule has 0 aromatic heterocycles. The van der Waals surface area contributed by atoms with E-state index in [9.17, 15) is 13.0 Å². The Hall–Kier alpha value is -0.0700. The van der Waals surface area contributed by atoms with Crippen LogP contribution in [0.2, 0.25) is 0 Å². The highest BCUT2D eigenvalue weighted by Crippen LogP contribution is 1.99. The zero-order valence-corrected chi connectivity index (χ0v) is 7.78. The summed E-state index contributed by atoms with van der Waals surface area (Å²) >= 11 is 0. The molecule has 0 aromatic rings. The quantitative estimate of drug-likeness (QED) is 0.636. The van der Waals surface area contributed by atoms with E-state index in [4.69, 9.17) is 5.11 Å². The second kappa shape index (κ2) is 5.55. The molecule has 0 rings (SSSR count). The highest BCUT2D eigenvalue weighted by atomic mass is 32.2. The predicted octanol–water partition coefficient (Wildman–Crippen LogP) is 0.479. The van der Waals surface area contributed by atoms with Crippen LogP contribution in [0.15, 0.2) is 0 Å². The highest BCUT2D eigenvalue weighted by Gasteiger charge is 2.18.